The Labute approximate surface area is 205 Å². The Morgan fingerprint density at radius 1 is 1.34 bits per heavy atom. The average Bonchev–Trinajstić information content (AvgIpc) is 3.62. The Hall–Kier alpha value is -3.29. The summed E-state index contributed by atoms with van der Waals surface area (Å²) in [5.41, 5.74) is 6.17. The summed E-state index contributed by atoms with van der Waals surface area (Å²) in [5, 5.41) is 9.13. The summed E-state index contributed by atoms with van der Waals surface area (Å²) in [6, 6.07) is 9.11. The lowest BCUT2D eigenvalue weighted by molar-refractivity contribution is -0.135. The third-order valence-electron chi connectivity index (χ3n) is 6.84. The first-order chi connectivity index (χ1) is 16.8. The number of aromatic nitrogens is 1. The van der Waals surface area contributed by atoms with E-state index in [1.807, 2.05) is 6.07 Å². The zero-order valence-electron chi connectivity index (χ0n) is 19.0. The second-order valence-corrected chi connectivity index (χ2v) is 10.4. The zero-order valence-corrected chi connectivity index (χ0v) is 19.8. The highest BCUT2D eigenvalue weighted by Crippen LogP contribution is 2.66. The highest BCUT2D eigenvalue weighted by Gasteiger charge is 2.71. The maximum absolute atomic E-state index is 15.2. The number of amides is 1. The standard InChI is InChI=1S/C25H23F2N5O2S/c1-24(21-12-25(21,35-23(29)31-24)22(33)32-6-8-34-9-7-32)17-10-15(2-4-18(17)26)11-19(27)20-5-3-16(13-28)14-30-20/h2-5,10-11,14,21H,6-9,12H2,1H3,(H2,29,31)/b19-11-/t21-,24+,25-/m0/s1. The number of halogens is 2. The molecule has 2 aliphatic heterocycles. The number of benzene rings is 1. The summed E-state index contributed by atoms with van der Waals surface area (Å²) < 4.78 is 34.6. The van der Waals surface area contributed by atoms with Crippen LogP contribution in [0.3, 0.4) is 0 Å². The van der Waals surface area contributed by atoms with E-state index in [1.165, 1.54) is 48.3 Å². The quantitative estimate of drug-likeness (QED) is 0.697. The van der Waals surface area contributed by atoms with Crippen LogP contribution < -0.4 is 5.73 Å². The lowest BCUT2D eigenvalue weighted by atomic mass is 9.84. The van der Waals surface area contributed by atoms with Crippen molar-refractivity contribution in [3.63, 3.8) is 0 Å². The van der Waals surface area contributed by atoms with Crippen molar-refractivity contribution >= 4 is 34.7 Å². The van der Waals surface area contributed by atoms with Gasteiger partial charge in [0.05, 0.1) is 30.0 Å². The van der Waals surface area contributed by atoms with Crippen LogP contribution in [-0.2, 0) is 15.1 Å². The highest BCUT2D eigenvalue weighted by molar-refractivity contribution is 8.15. The minimum absolute atomic E-state index is 0.0192. The van der Waals surface area contributed by atoms with Gasteiger partial charge in [-0.1, -0.05) is 17.8 Å². The molecule has 1 saturated heterocycles. The number of morpholine rings is 1. The van der Waals surface area contributed by atoms with Gasteiger partial charge in [-0.3, -0.25) is 14.8 Å². The number of nitrogens with two attached hydrogens (primary N) is 1. The van der Waals surface area contributed by atoms with Crippen LogP contribution in [0.25, 0.3) is 11.9 Å². The van der Waals surface area contributed by atoms with E-state index in [9.17, 15) is 9.18 Å². The zero-order chi connectivity index (χ0) is 24.8. The Morgan fingerprint density at radius 3 is 2.80 bits per heavy atom. The van der Waals surface area contributed by atoms with Crippen LogP contribution in [0.1, 0.15) is 35.7 Å². The average molecular weight is 496 g/mol. The number of nitriles is 1. The minimum atomic E-state index is -1.08. The van der Waals surface area contributed by atoms with E-state index in [0.717, 1.165) is 0 Å². The number of ether oxygens (including phenoxy) is 1. The summed E-state index contributed by atoms with van der Waals surface area (Å²) in [7, 11) is 0. The van der Waals surface area contributed by atoms with Gasteiger partial charge in [0.25, 0.3) is 0 Å². The molecule has 2 aromatic rings. The number of hydrogen-bond acceptors (Lipinski definition) is 7. The number of nitrogens with zero attached hydrogens (tertiary/aromatic N) is 4. The van der Waals surface area contributed by atoms with Gasteiger partial charge >= 0.3 is 0 Å². The molecule has 2 fully saturated rings. The number of hydrogen-bond donors (Lipinski definition) is 1. The smallest absolute Gasteiger partial charge is 0.239 e. The first-order valence-electron chi connectivity index (χ1n) is 11.2. The topological polar surface area (TPSA) is 105 Å². The Bertz CT molecular complexity index is 1290. The number of carbonyl (C=O) groups excluding carboxylic acids is 1. The number of fused-ring (bicyclic) bond motifs is 1. The Kier molecular flexibility index (Phi) is 5.85. The van der Waals surface area contributed by atoms with Gasteiger partial charge in [-0.2, -0.15) is 5.26 Å². The molecule has 1 amide bonds. The number of thioether (sulfide) groups is 1. The molecule has 0 unspecified atom stereocenters. The molecular formula is C25H23F2N5O2S. The third-order valence-corrected chi connectivity index (χ3v) is 8.13. The molecule has 180 valence electrons. The van der Waals surface area contributed by atoms with Crippen molar-refractivity contribution < 1.29 is 18.3 Å². The van der Waals surface area contributed by atoms with E-state index in [-0.39, 0.29) is 28.3 Å². The summed E-state index contributed by atoms with van der Waals surface area (Å²) in [6.45, 7) is 3.78. The molecule has 7 nitrogen and oxygen atoms in total. The van der Waals surface area contributed by atoms with Crippen molar-refractivity contribution in [1.29, 1.82) is 5.26 Å². The van der Waals surface area contributed by atoms with Crippen molar-refractivity contribution in [3.05, 3.63) is 64.7 Å². The van der Waals surface area contributed by atoms with E-state index in [2.05, 4.69) is 9.98 Å². The summed E-state index contributed by atoms with van der Waals surface area (Å²) in [5.74, 6) is -1.39. The minimum Gasteiger partial charge on any atom is -0.378 e. The first kappa shape index (κ1) is 23.5. The third kappa shape index (κ3) is 4.09. The molecule has 0 radical (unpaired) electrons. The van der Waals surface area contributed by atoms with Gasteiger partial charge in [0, 0.05) is 30.8 Å². The number of carbonyl (C=O) groups is 1. The predicted octanol–water partition coefficient (Wildman–Crippen LogP) is 3.45. The van der Waals surface area contributed by atoms with E-state index in [0.29, 0.717) is 43.9 Å². The fourth-order valence-electron chi connectivity index (χ4n) is 4.93. The van der Waals surface area contributed by atoms with E-state index < -0.39 is 21.9 Å². The van der Waals surface area contributed by atoms with Crippen LogP contribution in [0, 0.1) is 23.1 Å². The van der Waals surface area contributed by atoms with Crippen molar-refractivity contribution in [2.24, 2.45) is 16.6 Å². The van der Waals surface area contributed by atoms with Crippen molar-refractivity contribution in [3.8, 4) is 6.07 Å². The molecule has 1 aliphatic carbocycles. The highest BCUT2D eigenvalue weighted by atomic mass is 32.2. The fourth-order valence-corrected chi connectivity index (χ4v) is 6.38. The second kappa shape index (κ2) is 8.73. The molecule has 0 bridgehead atoms. The summed E-state index contributed by atoms with van der Waals surface area (Å²) >= 11 is 1.25. The monoisotopic (exact) mass is 495 g/mol. The molecule has 2 N–H and O–H groups in total. The number of amidine groups is 1. The van der Waals surface area contributed by atoms with E-state index >= 15 is 4.39 Å². The molecule has 1 saturated carbocycles. The maximum atomic E-state index is 15.2. The molecule has 1 aromatic heterocycles. The molecule has 0 spiro atoms. The maximum Gasteiger partial charge on any atom is 0.239 e. The van der Waals surface area contributed by atoms with Crippen molar-refractivity contribution in [2.75, 3.05) is 26.3 Å². The van der Waals surface area contributed by atoms with Crippen LogP contribution in [0.5, 0.6) is 0 Å². The van der Waals surface area contributed by atoms with Crippen LogP contribution in [0.4, 0.5) is 8.78 Å². The van der Waals surface area contributed by atoms with E-state index in [4.69, 9.17) is 15.7 Å². The Morgan fingerprint density at radius 2 is 2.11 bits per heavy atom. The van der Waals surface area contributed by atoms with Crippen molar-refractivity contribution in [1.82, 2.24) is 9.88 Å². The second-order valence-electron chi connectivity index (χ2n) is 9.03. The predicted molar refractivity (Wildman–Crippen MR) is 129 cm³/mol. The number of pyridine rings is 1. The van der Waals surface area contributed by atoms with Crippen molar-refractivity contribution in [2.45, 2.75) is 23.6 Å². The fraction of sp³-hybridized carbons (Fsp3) is 0.360. The van der Waals surface area contributed by atoms with Gasteiger partial charge in [0.2, 0.25) is 5.91 Å². The molecule has 1 aromatic carbocycles. The molecule has 3 atom stereocenters. The molecule has 35 heavy (non-hydrogen) atoms. The first-order valence-corrected chi connectivity index (χ1v) is 12.0. The largest absolute Gasteiger partial charge is 0.378 e. The lowest BCUT2D eigenvalue weighted by Gasteiger charge is -2.36. The number of aliphatic imine (C=N–C) groups is 1. The van der Waals surface area contributed by atoms with Crippen LogP contribution >= 0.6 is 11.8 Å². The Balaban J connectivity index is 1.47. The molecular weight excluding hydrogens is 472 g/mol. The molecule has 3 heterocycles. The molecule has 10 heteroatoms. The summed E-state index contributed by atoms with van der Waals surface area (Å²) in [6.07, 6.45) is 3.07. The van der Waals surface area contributed by atoms with Gasteiger partial charge in [0.15, 0.2) is 5.17 Å². The van der Waals surface area contributed by atoms with Gasteiger partial charge < -0.3 is 15.4 Å². The van der Waals surface area contributed by atoms with Gasteiger partial charge in [-0.15, -0.1) is 0 Å². The van der Waals surface area contributed by atoms with Crippen LogP contribution in [-0.4, -0.2) is 52.0 Å². The van der Waals surface area contributed by atoms with Gasteiger partial charge in [-0.05, 0) is 49.2 Å². The van der Waals surface area contributed by atoms with E-state index in [1.54, 1.807) is 17.9 Å². The van der Waals surface area contributed by atoms with Gasteiger partial charge in [-0.25, -0.2) is 8.78 Å². The van der Waals surface area contributed by atoms with Gasteiger partial charge in [0.1, 0.15) is 22.5 Å². The molecule has 5 rings (SSSR count). The molecule has 3 aliphatic rings. The number of rotatable bonds is 4. The summed E-state index contributed by atoms with van der Waals surface area (Å²) in [4.78, 5) is 23.8. The SMILES string of the molecule is C[C@]1(c2cc(/C=C(\F)c3ccc(C#N)cn3)ccc2F)N=C(N)S[C@@]2(C(=O)N3CCOCC3)C[C@H]21. The van der Waals surface area contributed by atoms with Crippen LogP contribution in [0.2, 0.25) is 0 Å². The van der Waals surface area contributed by atoms with Crippen LogP contribution in [0.15, 0.2) is 41.5 Å². The normalized spacial score (nSPS) is 28.1. The lowest BCUT2D eigenvalue weighted by Crippen LogP contribution is -2.49.